The summed E-state index contributed by atoms with van der Waals surface area (Å²) >= 11 is 3.18. The van der Waals surface area contributed by atoms with Gasteiger partial charge in [0.05, 0.1) is 18.1 Å². The molecule has 0 unspecified atom stereocenters. The van der Waals surface area contributed by atoms with Gasteiger partial charge in [-0.05, 0) is 24.1 Å². The Morgan fingerprint density at radius 3 is 2.94 bits per heavy atom. The summed E-state index contributed by atoms with van der Waals surface area (Å²) < 4.78 is 5.87. The number of ether oxygens (including phenoxy) is 1. The van der Waals surface area contributed by atoms with Crippen molar-refractivity contribution in [2.75, 3.05) is 13.2 Å². The van der Waals surface area contributed by atoms with E-state index in [2.05, 4.69) is 26.0 Å². The number of rotatable bonds is 5. The van der Waals surface area contributed by atoms with E-state index in [9.17, 15) is 10.1 Å². The van der Waals surface area contributed by atoms with Crippen LogP contribution in [0, 0.1) is 17.0 Å². The van der Waals surface area contributed by atoms with Crippen LogP contribution in [-0.2, 0) is 0 Å². The first-order valence-corrected chi connectivity index (χ1v) is 5.43. The predicted octanol–water partition coefficient (Wildman–Crippen LogP) is 3.35. The molecular formula is C9H9BrN4O3. The number of aryl methyl sites for hydroxylation is 1. The minimum atomic E-state index is -0.513. The Balaban J connectivity index is 2.96. The molecule has 0 aliphatic carbocycles. The molecule has 0 aromatic heterocycles. The summed E-state index contributed by atoms with van der Waals surface area (Å²) in [6.07, 6.45) is 0. The van der Waals surface area contributed by atoms with Crippen molar-refractivity contribution in [2.45, 2.75) is 6.92 Å². The molecule has 7 nitrogen and oxygen atoms in total. The number of azide groups is 1. The van der Waals surface area contributed by atoms with Gasteiger partial charge in [0.25, 0.3) is 0 Å². The molecule has 1 aromatic carbocycles. The Kier molecular flexibility index (Phi) is 4.74. The van der Waals surface area contributed by atoms with Gasteiger partial charge in [-0.3, -0.25) is 10.1 Å². The van der Waals surface area contributed by atoms with E-state index < -0.39 is 4.92 Å². The number of nitro benzene ring substituents is 1. The Morgan fingerprint density at radius 2 is 2.35 bits per heavy atom. The number of benzene rings is 1. The van der Waals surface area contributed by atoms with Gasteiger partial charge in [-0.1, -0.05) is 21.0 Å². The van der Waals surface area contributed by atoms with Crippen molar-refractivity contribution in [3.05, 3.63) is 42.7 Å². The van der Waals surface area contributed by atoms with Crippen molar-refractivity contribution >= 4 is 21.6 Å². The maximum absolute atomic E-state index is 10.8. The molecule has 0 fully saturated rings. The summed E-state index contributed by atoms with van der Waals surface area (Å²) in [5.74, 6) is 0.200. The van der Waals surface area contributed by atoms with Gasteiger partial charge < -0.3 is 4.74 Å². The van der Waals surface area contributed by atoms with Gasteiger partial charge >= 0.3 is 5.69 Å². The first-order chi connectivity index (χ1) is 8.06. The summed E-state index contributed by atoms with van der Waals surface area (Å²) in [7, 11) is 0. The van der Waals surface area contributed by atoms with E-state index in [1.165, 1.54) is 6.07 Å². The first-order valence-electron chi connectivity index (χ1n) is 4.64. The molecule has 0 heterocycles. The third-order valence-corrected chi connectivity index (χ3v) is 2.38. The molecule has 0 atom stereocenters. The van der Waals surface area contributed by atoms with Crippen LogP contribution in [0.1, 0.15) is 5.56 Å². The lowest BCUT2D eigenvalue weighted by Gasteiger charge is -2.08. The van der Waals surface area contributed by atoms with E-state index in [0.29, 0.717) is 10.0 Å². The molecule has 0 aliphatic rings. The highest BCUT2D eigenvalue weighted by Gasteiger charge is 2.18. The minimum absolute atomic E-state index is 0.105. The molecule has 0 saturated carbocycles. The maximum atomic E-state index is 10.8. The second-order valence-corrected chi connectivity index (χ2v) is 4.05. The zero-order chi connectivity index (χ0) is 12.8. The number of hydrogen-bond donors (Lipinski definition) is 0. The Morgan fingerprint density at radius 1 is 1.65 bits per heavy atom. The lowest BCUT2D eigenvalue weighted by Crippen LogP contribution is -2.04. The molecule has 0 radical (unpaired) electrons. The lowest BCUT2D eigenvalue weighted by atomic mass is 10.2. The standard InChI is InChI=1S/C9H9BrN4O3/c1-6-4-7(10)5-8(14(15)16)9(6)17-3-2-12-13-11/h4-5H,2-3H2,1H3. The highest BCUT2D eigenvalue weighted by Crippen LogP contribution is 2.33. The molecule has 0 N–H and O–H groups in total. The van der Waals surface area contributed by atoms with Crippen molar-refractivity contribution < 1.29 is 9.66 Å². The molecule has 0 spiro atoms. The summed E-state index contributed by atoms with van der Waals surface area (Å²) in [5, 5.41) is 14.1. The Bertz CT molecular complexity index is 485. The minimum Gasteiger partial charge on any atom is -0.486 e. The van der Waals surface area contributed by atoms with Crippen LogP contribution >= 0.6 is 15.9 Å². The number of hydrogen-bond acceptors (Lipinski definition) is 4. The molecule has 1 aromatic rings. The Hall–Kier alpha value is -1.79. The van der Waals surface area contributed by atoms with Crippen LogP contribution in [0.2, 0.25) is 0 Å². The van der Waals surface area contributed by atoms with Crippen molar-refractivity contribution in [3.63, 3.8) is 0 Å². The summed E-state index contributed by atoms with van der Waals surface area (Å²) in [5.41, 5.74) is 8.62. The average Bonchev–Trinajstić information content (AvgIpc) is 2.25. The molecule has 0 amide bonds. The summed E-state index contributed by atoms with van der Waals surface area (Å²) in [6.45, 7) is 1.94. The van der Waals surface area contributed by atoms with E-state index >= 15 is 0 Å². The third kappa shape index (κ3) is 3.61. The Labute approximate surface area is 105 Å². The zero-order valence-electron chi connectivity index (χ0n) is 8.96. The topological polar surface area (TPSA) is 101 Å². The summed E-state index contributed by atoms with van der Waals surface area (Å²) in [6, 6.07) is 3.09. The van der Waals surface area contributed by atoms with E-state index in [0.717, 1.165) is 0 Å². The van der Waals surface area contributed by atoms with Crippen molar-refractivity contribution in [1.29, 1.82) is 0 Å². The molecule has 1 rings (SSSR count). The fourth-order valence-electron chi connectivity index (χ4n) is 1.27. The van der Waals surface area contributed by atoms with E-state index in [4.69, 9.17) is 10.3 Å². The molecule has 0 saturated heterocycles. The highest BCUT2D eigenvalue weighted by molar-refractivity contribution is 9.10. The van der Waals surface area contributed by atoms with Crippen LogP contribution in [0.5, 0.6) is 5.75 Å². The summed E-state index contributed by atoms with van der Waals surface area (Å²) in [4.78, 5) is 12.9. The SMILES string of the molecule is Cc1cc(Br)cc([N+](=O)[O-])c1OCCN=[N+]=[N-]. The first kappa shape index (κ1) is 13.3. The van der Waals surface area contributed by atoms with Crippen LogP contribution in [0.15, 0.2) is 21.7 Å². The van der Waals surface area contributed by atoms with Gasteiger partial charge in [0.2, 0.25) is 0 Å². The van der Waals surface area contributed by atoms with Gasteiger partial charge in [0.15, 0.2) is 5.75 Å². The fourth-order valence-corrected chi connectivity index (χ4v) is 1.83. The second-order valence-electron chi connectivity index (χ2n) is 3.13. The quantitative estimate of drug-likeness (QED) is 0.208. The normalized spacial score (nSPS) is 9.53. The van der Waals surface area contributed by atoms with Crippen LogP contribution < -0.4 is 4.74 Å². The van der Waals surface area contributed by atoms with Crippen molar-refractivity contribution in [1.82, 2.24) is 0 Å². The van der Waals surface area contributed by atoms with Gasteiger partial charge in [0, 0.05) is 15.5 Å². The van der Waals surface area contributed by atoms with Gasteiger partial charge in [-0.25, -0.2) is 0 Å². The van der Waals surface area contributed by atoms with E-state index in [1.54, 1.807) is 13.0 Å². The van der Waals surface area contributed by atoms with Crippen molar-refractivity contribution in [3.8, 4) is 5.75 Å². The van der Waals surface area contributed by atoms with Gasteiger partial charge in [-0.15, -0.1) is 0 Å². The van der Waals surface area contributed by atoms with Gasteiger partial charge in [0.1, 0.15) is 0 Å². The molecule has 8 heteroatoms. The molecule has 0 bridgehead atoms. The van der Waals surface area contributed by atoms with Crippen LogP contribution in [0.3, 0.4) is 0 Å². The van der Waals surface area contributed by atoms with Crippen LogP contribution in [-0.4, -0.2) is 18.1 Å². The molecule has 17 heavy (non-hydrogen) atoms. The van der Waals surface area contributed by atoms with Crippen LogP contribution in [0.4, 0.5) is 5.69 Å². The van der Waals surface area contributed by atoms with Crippen LogP contribution in [0.25, 0.3) is 10.4 Å². The zero-order valence-corrected chi connectivity index (χ0v) is 10.5. The van der Waals surface area contributed by atoms with E-state index in [1.807, 2.05) is 0 Å². The maximum Gasteiger partial charge on any atom is 0.312 e. The smallest absolute Gasteiger partial charge is 0.312 e. The highest BCUT2D eigenvalue weighted by atomic mass is 79.9. The monoisotopic (exact) mass is 300 g/mol. The molecular weight excluding hydrogens is 292 g/mol. The lowest BCUT2D eigenvalue weighted by molar-refractivity contribution is -0.386. The van der Waals surface area contributed by atoms with Crippen molar-refractivity contribution in [2.24, 2.45) is 5.11 Å². The van der Waals surface area contributed by atoms with Gasteiger partial charge in [-0.2, -0.15) is 0 Å². The third-order valence-electron chi connectivity index (χ3n) is 1.92. The molecule has 0 aliphatic heterocycles. The van der Waals surface area contributed by atoms with E-state index in [-0.39, 0.29) is 24.6 Å². The molecule has 90 valence electrons. The number of halogens is 1. The second kappa shape index (κ2) is 6.07. The number of nitrogens with zero attached hydrogens (tertiary/aromatic N) is 4. The average molecular weight is 301 g/mol. The largest absolute Gasteiger partial charge is 0.486 e. The number of nitro groups is 1. The predicted molar refractivity (Wildman–Crippen MR) is 65.0 cm³/mol. The fraction of sp³-hybridized carbons (Fsp3) is 0.333.